The summed E-state index contributed by atoms with van der Waals surface area (Å²) in [6.07, 6.45) is 0. The fourth-order valence-electron chi connectivity index (χ4n) is 3.37. The molecule has 0 aliphatic rings. The molecule has 3 nitrogen and oxygen atoms in total. The van der Waals surface area contributed by atoms with Crippen LogP contribution in [0.15, 0.2) is 77.7 Å². The van der Waals surface area contributed by atoms with Crippen LogP contribution in [-0.2, 0) is 21.9 Å². The molecular formula is C26H30NO2S-. The van der Waals surface area contributed by atoms with Crippen molar-refractivity contribution in [2.75, 3.05) is 4.90 Å². The lowest BCUT2D eigenvalue weighted by Gasteiger charge is -2.28. The average molecular weight is 421 g/mol. The van der Waals surface area contributed by atoms with Crippen molar-refractivity contribution in [1.29, 1.82) is 0 Å². The lowest BCUT2D eigenvalue weighted by atomic mass is 9.86. The van der Waals surface area contributed by atoms with Gasteiger partial charge in [-0.1, -0.05) is 65.8 Å². The quantitative estimate of drug-likeness (QED) is 0.427. The van der Waals surface area contributed by atoms with Crippen molar-refractivity contribution < 1.29 is 8.76 Å². The molecule has 0 aliphatic heterocycles. The van der Waals surface area contributed by atoms with Gasteiger partial charge in [-0.05, 0) is 81.6 Å². The fraction of sp³-hybridized carbons (Fsp3) is 0.308. The molecule has 30 heavy (non-hydrogen) atoms. The van der Waals surface area contributed by atoms with E-state index in [1.807, 2.05) is 12.1 Å². The van der Waals surface area contributed by atoms with Gasteiger partial charge in [0.05, 0.1) is 0 Å². The van der Waals surface area contributed by atoms with E-state index in [1.54, 1.807) is 12.1 Å². The van der Waals surface area contributed by atoms with E-state index in [2.05, 4.69) is 95.0 Å². The van der Waals surface area contributed by atoms with E-state index in [0.29, 0.717) is 0 Å². The molecule has 0 aromatic heterocycles. The topological polar surface area (TPSA) is 43.4 Å². The van der Waals surface area contributed by atoms with Gasteiger partial charge in [0.2, 0.25) is 0 Å². The van der Waals surface area contributed by atoms with E-state index in [9.17, 15) is 8.76 Å². The summed E-state index contributed by atoms with van der Waals surface area (Å²) in [6, 6.07) is 24.1. The number of benzene rings is 3. The van der Waals surface area contributed by atoms with Gasteiger partial charge < -0.3 is 9.45 Å². The van der Waals surface area contributed by atoms with Gasteiger partial charge in [-0.3, -0.25) is 4.21 Å². The lowest BCUT2D eigenvalue weighted by Crippen LogP contribution is -2.14. The third-order valence-corrected chi connectivity index (χ3v) is 5.93. The molecule has 3 aromatic rings. The normalized spacial score (nSPS) is 13.2. The molecule has 0 N–H and O–H groups in total. The van der Waals surface area contributed by atoms with Crippen molar-refractivity contribution in [2.24, 2.45) is 0 Å². The fourth-order valence-corrected chi connectivity index (χ4v) is 3.73. The van der Waals surface area contributed by atoms with Gasteiger partial charge in [0.15, 0.2) is 0 Å². The van der Waals surface area contributed by atoms with E-state index in [1.165, 1.54) is 11.1 Å². The number of nitrogens with zero attached hydrogens (tertiary/aromatic N) is 1. The third-order valence-electron chi connectivity index (χ3n) is 5.27. The van der Waals surface area contributed by atoms with Gasteiger partial charge >= 0.3 is 0 Å². The first-order valence-corrected chi connectivity index (χ1v) is 11.2. The standard InChI is InChI=1S/C26H31NO2S/c1-25(2,3)19-7-11-21(12-8-19)27(23-15-17-24(18-16-23)30(28)29)22-13-9-20(10-14-22)26(4,5)6/h7-18H,1-6H3,(H,28,29)/p-1. The Bertz CT molecular complexity index is 952. The minimum atomic E-state index is -2.23. The molecule has 0 saturated heterocycles. The van der Waals surface area contributed by atoms with E-state index >= 15 is 0 Å². The number of anilines is 3. The summed E-state index contributed by atoms with van der Waals surface area (Å²) in [4.78, 5) is 2.43. The lowest BCUT2D eigenvalue weighted by molar-refractivity contribution is 0.537. The van der Waals surface area contributed by atoms with Crippen molar-refractivity contribution in [3.8, 4) is 0 Å². The van der Waals surface area contributed by atoms with Crippen molar-refractivity contribution in [1.82, 2.24) is 0 Å². The summed E-state index contributed by atoms with van der Waals surface area (Å²) >= 11 is -2.23. The second kappa shape index (κ2) is 8.37. The highest BCUT2D eigenvalue weighted by Gasteiger charge is 2.18. The van der Waals surface area contributed by atoms with Gasteiger partial charge in [0.1, 0.15) is 0 Å². The van der Waals surface area contributed by atoms with E-state index in [4.69, 9.17) is 0 Å². The Hall–Kier alpha value is -2.43. The van der Waals surface area contributed by atoms with Crippen LogP contribution in [0.3, 0.4) is 0 Å². The highest BCUT2D eigenvalue weighted by atomic mass is 32.2. The highest BCUT2D eigenvalue weighted by Crippen LogP contribution is 2.37. The molecule has 0 spiro atoms. The monoisotopic (exact) mass is 420 g/mol. The van der Waals surface area contributed by atoms with Crippen LogP contribution >= 0.6 is 0 Å². The molecule has 0 aliphatic carbocycles. The van der Waals surface area contributed by atoms with Crippen LogP contribution in [0.25, 0.3) is 0 Å². The molecule has 4 heteroatoms. The molecule has 0 heterocycles. The van der Waals surface area contributed by atoms with Crippen molar-refractivity contribution in [2.45, 2.75) is 57.3 Å². The summed E-state index contributed by atoms with van der Waals surface area (Å²) in [5.74, 6) is 0. The zero-order valence-electron chi connectivity index (χ0n) is 18.6. The SMILES string of the molecule is CC(C)(C)c1ccc(N(c2ccc(S(=O)[O-])cc2)c2ccc(C(C)(C)C)cc2)cc1. The zero-order chi connectivity index (χ0) is 22.1. The van der Waals surface area contributed by atoms with Crippen LogP contribution < -0.4 is 4.90 Å². The number of hydrogen-bond acceptors (Lipinski definition) is 3. The van der Waals surface area contributed by atoms with E-state index < -0.39 is 11.1 Å². The van der Waals surface area contributed by atoms with Gasteiger partial charge in [-0.25, -0.2) is 0 Å². The molecule has 0 radical (unpaired) electrons. The van der Waals surface area contributed by atoms with Crippen LogP contribution in [-0.4, -0.2) is 8.76 Å². The minimum absolute atomic E-state index is 0.0809. The number of hydrogen-bond donors (Lipinski definition) is 0. The van der Waals surface area contributed by atoms with E-state index in [-0.39, 0.29) is 15.7 Å². The second-order valence-electron chi connectivity index (χ2n) is 9.66. The van der Waals surface area contributed by atoms with Crippen molar-refractivity contribution in [3.63, 3.8) is 0 Å². The first-order valence-electron chi connectivity index (χ1n) is 10.2. The highest BCUT2D eigenvalue weighted by molar-refractivity contribution is 7.79. The molecule has 0 saturated carbocycles. The molecule has 0 fully saturated rings. The van der Waals surface area contributed by atoms with Crippen LogP contribution in [0.5, 0.6) is 0 Å². The first kappa shape index (κ1) is 22.3. The summed E-state index contributed by atoms with van der Waals surface area (Å²) < 4.78 is 22.5. The van der Waals surface area contributed by atoms with Crippen LogP contribution in [0, 0.1) is 0 Å². The Labute approximate surface area is 183 Å². The van der Waals surface area contributed by atoms with Crippen molar-refractivity contribution >= 4 is 28.1 Å². The van der Waals surface area contributed by atoms with E-state index in [0.717, 1.165) is 17.1 Å². The zero-order valence-corrected chi connectivity index (χ0v) is 19.4. The molecule has 158 valence electrons. The summed E-state index contributed by atoms with van der Waals surface area (Å²) in [5.41, 5.74) is 5.67. The molecule has 0 amide bonds. The molecular weight excluding hydrogens is 390 g/mol. The molecule has 3 rings (SSSR count). The smallest absolute Gasteiger partial charge is 0.0462 e. The summed E-state index contributed by atoms with van der Waals surface area (Å²) in [5, 5.41) is 0. The predicted octanol–water partition coefficient (Wildman–Crippen LogP) is 6.99. The van der Waals surface area contributed by atoms with Crippen molar-refractivity contribution in [3.05, 3.63) is 83.9 Å². The Morgan fingerprint density at radius 3 is 1.17 bits per heavy atom. The van der Waals surface area contributed by atoms with Crippen LogP contribution in [0.2, 0.25) is 0 Å². The molecule has 1 atom stereocenters. The maximum absolute atomic E-state index is 11.3. The Balaban J connectivity index is 2.08. The maximum Gasteiger partial charge on any atom is 0.0462 e. The summed E-state index contributed by atoms with van der Waals surface area (Å²) in [7, 11) is 0. The summed E-state index contributed by atoms with van der Waals surface area (Å²) in [6.45, 7) is 13.2. The molecule has 1 unspecified atom stereocenters. The van der Waals surface area contributed by atoms with Gasteiger partial charge in [-0.2, -0.15) is 0 Å². The Kier molecular flexibility index (Phi) is 6.21. The predicted molar refractivity (Wildman–Crippen MR) is 126 cm³/mol. The largest absolute Gasteiger partial charge is 0.768 e. The molecule has 3 aromatic carbocycles. The van der Waals surface area contributed by atoms with Crippen LogP contribution in [0.4, 0.5) is 17.1 Å². The first-order chi connectivity index (χ1) is 14.0. The van der Waals surface area contributed by atoms with Gasteiger partial charge in [0, 0.05) is 22.0 Å². The van der Waals surface area contributed by atoms with Gasteiger partial charge in [0.25, 0.3) is 0 Å². The average Bonchev–Trinajstić information content (AvgIpc) is 2.68. The van der Waals surface area contributed by atoms with Gasteiger partial charge in [-0.15, -0.1) is 0 Å². The maximum atomic E-state index is 11.3. The number of rotatable bonds is 4. The third kappa shape index (κ3) is 5.00. The second-order valence-corrected chi connectivity index (χ2v) is 10.6. The minimum Gasteiger partial charge on any atom is -0.768 e. The van der Waals surface area contributed by atoms with Crippen LogP contribution in [0.1, 0.15) is 52.7 Å². The molecule has 0 bridgehead atoms. The Morgan fingerprint density at radius 1 is 0.600 bits per heavy atom. The Morgan fingerprint density at radius 2 is 0.900 bits per heavy atom.